The summed E-state index contributed by atoms with van der Waals surface area (Å²) < 4.78 is 26.9. The fourth-order valence-corrected chi connectivity index (χ4v) is 3.43. The molecule has 0 bridgehead atoms. The first-order chi connectivity index (χ1) is 10.5. The number of halogens is 2. The van der Waals surface area contributed by atoms with Gasteiger partial charge >= 0.3 is 0 Å². The molecule has 1 fully saturated rings. The zero-order valence-corrected chi connectivity index (χ0v) is 13.2. The minimum Gasteiger partial charge on any atom is -0.204 e. The van der Waals surface area contributed by atoms with Crippen LogP contribution in [0, 0.1) is 24.5 Å². The van der Waals surface area contributed by atoms with E-state index in [0.29, 0.717) is 11.5 Å². The number of hydrogen-bond acceptors (Lipinski definition) is 0. The summed E-state index contributed by atoms with van der Waals surface area (Å²) >= 11 is 0. The summed E-state index contributed by atoms with van der Waals surface area (Å²) in [6, 6.07) is 11.3. The van der Waals surface area contributed by atoms with E-state index < -0.39 is 11.6 Å². The molecule has 0 aromatic heterocycles. The largest absolute Gasteiger partial charge is 0.204 e. The molecule has 0 saturated heterocycles. The van der Waals surface area contributed by atoms with Crippen LogP contribution < -0.4 is 0 Å². The van der Waals surface area contributed by atoms with Gasteiger partial charge in [0.2, 0.25) is 0 Å². The summed E-state index contributed by atoms with van der Waals surface area (Å²) in [5.41, 5.74) is 3.39. The van der Waals surface area contributed by atoms with Gasteiger partial charge < -0.3 is 0 Å². The van der Waals surface area contributed by atoms with Crippen molar-refractivity contribution >= 4 is 0 Å². The third kappa shape index (κ3) is 3.06. The first kappa shape index (κ1) is 15.2. The van der Waals surface area contributed by atoms with Gasteiger partial charge in [-0.05, 0) is 66.0 Å². The topological polar surface area (TPSA) is 0 Å². The van der Waals surface area contributed by atoms with Crippen molar-refractivity contribution in [3.63, 3.8) is 0 Å². The van der Waals surface area contributed by atoms with E-state index in [1.807, 2.05) is 12.1 Å². The van der Waals surface area contributed by atoms with Gasteiger partial charge in [-0.1, -0.05) is 44.0 Å². The third-order valence-corrected chi connectivity index (χ3v) is 4.94. The fraction of sp³-hybridized carbons (Fsp3) is 0.400. The van der Waals surface area contributed by atoms with Gasteiger partial charge in [0, 0.05) is 0 Å². The summed E-state index contributed by atoms with van der Waals surface area (Å²) in [7, 11) is 0. The lowest BCUT2D eigenvalue weighted by atomic mass is 9.79. The average molecular weight is 300 g/mol. The highest BCUT2D eigenvalue weighted by molar-refractivity contribution is 5.64. The van der Waals surface area contributed by atoms with Crippen molar-refractivity contribution in [2.24, 2.45) is 5.92 Å². The maximum Gasteiger partial charge on any atom is 0.161 e. The van der Waals surface area contributed by atoms with Crippen LogP contribution in [-0.2, 0) is 0 Å². The Labute approximate surface area is 131 Å². The molecule has 0 spiro atoms. The second-order valence-electron chi connectivity index (χ2n) is 6.67. The zero-order chi connectivity index (χ0) is 15.7. The zero-order valence-electron chi connectivity index (χ0n) is 13.2. The molecule has 0 aliphatic heterocycles. The number of aryl methyl sites for hydroxylation is 1. The summed E-state index contributed by atoms with van der Waals surface area (Å²) in [5.74, 6) is -0.0327. The van der Waals surface area contributed by atoms with Gasteiger partial charge in [-0.2, -0.15) is 0 Å². The minimum atomic E-state index is -0.777. The van der Waals surface area contributed by atoms with E-state index in [0.717, 1.165) is 17.0 Å². The Morgan fingerprint density at radius 2 is 1.50 bits per heavy atom. The molecule has 0 nitrogen and oxygen atoms in total. The van der Waals surface area contributed by atoms with Crippen molar-refractivity contribution in [1.29, 1.82) is 0 Å². The van der Waals surface area contributed by atoms with E-state index in [4.69, 9.17) is 0 Å². The SMILES string of the molecule is Cc1cc(-c2ccc(C3CCC(C)CC3)cc2)cc(F)c1F. The first-order valence-electron chi connectivity index (χ1n) is 8.10. The Bertz CT molecular complexity index is 627. The summed E-state index contributed by atoms with van der Waals surface area (Å²) in [6.07, 6.45) is 5.11. The van der Waals surface area contributed by atoms with Crippen LogP contribution >= 0.6 is 0 Å². The van der Waals surface area contributed by atoms with Gasteiger partial charge in [-0.25, -0.2) is 8.78 Å². The lowest BCUT2D eigenvalue weighted by molar-refractivity contribution is 0.348. The van der Waals surface area contributed by atoms with Crippen molar-refractivity contribution in [1.82, 2.24) is 0 Å². The Hall–Kier alpha value is -1.70. The van der Waals surface area contributed by atoms with E-state index in [-0.39, 0.29) is 0 Å². The van der Waals surface area contributed by atoms with Crippen LogP contribution in [0.1, 0.15) is 49.7 Å². The van der Waals surface area contributed by atoms with E-state index in [9.17, 15) is 8.78 Å². The van der Waals surface area contributed by atoms with Crippen LogP contribution in [0.15, 0.2) is 36.4 Å². The minimum absolute atomic E-state index is 0.348. The van der Waals surface area contributed by atoms with E-state index in [1.165, 1.54) is 37.3 Å². The molecule has 1 saturated carbocycles. The van der Waals surface area contributed by atoms with Crippen LogP contribution in [0.25, 0.3) is 11.1 Å². The Balaban J connectivity index is 1.82. The average Bonchev–Trinajstić information content (AvgIpc) is 2.53. The first-order valence-corrected chi connectivity index (χ1v) is 8.10. The van der Waals surface area contributed by atoms with Crippen molar-refractivity contribution < 1.29 is 8.78 Å². The van der Waals surface area contributed by atoms with Crippen LogP contribution in [0.3, 0.4) is 0 Å². The summed E-state index contributed by atoms with van der Waals surface area (Å²) in [4.78, 5) is 0. The molecule has 2 aromatic rings. The van der Waals surface area contributed by atoms with Gasteiger partial charge in [0.25, 0.3) is 0 Å². The molecule has 2 aromatic carbocycles. The molecule has 0 heterocycles. The number of benzene rings is 2. The fourth-order valence-electron chi connectivity index (χ4n) is 3.43. The Morgan fingerprint density at radius 1 is 0.864 bits per heavy atom. The highest BCUT2D eigenvalue weighted by atomic mass is 19.2. The smallest absolute Gasteiger partial charge is 0.161 e. The summed E-state index contributed by atoms with van der Waals surface area (Å²) in [6.45, 7) is 3.92. The molecule has 0 N–H and O–H groups in total. The molecule has 1 aliphatic carbocycles. The highest BCUT2D eigenvalue weighted by Gasteiger charge is 2.19. The predicted octanol–water partition coefficient (Wildman–Crippen LogP) is 6.23. The number of hydrogen-bond donors (Lipinski definition) is 0. The highest BCUT2D eigenvalue weighted by Crippen LogP contribution is 2.36. The second kappa shape index (κ2) is 6.20. The predicted molar refractivity (Wildman–Crippen MR) is 86.9 cm³/mol. The molecular weight excluding hydrogens is 278 g/mol. The maximum atomic E-state index is 13.6. The monoisotopic (exact) mass is 300 g/mol. The maximum absolute atomic E-state index is 13.6. The molecule has 2 heteroatoms. The van der Waals surface area contributed by atoms with Gasteiger partial charge in [0.05, 0.1) is 0 Å². The molecule has 22 heavy (non-hydrogen) atoms. The normalized spacial score (nSPS) is 21.8. The Morgan fingerprint density at radius 3 is 2.09 bits per heavy atom. The molecule has 3 rings (SSSR count). The lowest BCUT2D eigenvalue weighted by Gasteiger charge is -2.26. The summed E-state index contributed by atoms with van der Waals surface area (Å²) in [5, 5.41) is 0. The number of rotatable bonds is 2. The molecule has 116 valence electrons. The molecular formula is C20H22F2. The van der Waals surface area contributed by atoms with Crippen LogP contribution in [0.5, 0.6) is 0 Å². The molecule has 1 aliphatic rings. The second-order valence-corrected chi connectivity index (χ2v) is 6.67. The van der Waals surface area contributed by atoms with Crippen molar-refractivity contribution in [3.05, 3.63) is 59.2 Å². The van der Waals surface area contributed by atoms with E-state index in [1.54, 1.807) is 13.0 Å². The standard InChI is InChI=1S/C20H22F2/c1-13-3-5-15(6-4-13)16-7-9-17(10-8-16)18-11-14(2)20(22)19(21)12-18/h7-13,15H,3-6H2,1-2H3. The molecule has 0 amide bonds. The molecule has 0 unspecified atom stereocenters. The van der Waals surface area contributed by atoms with Gasteiger partial charge in [0.1, 0.15) is 0 Å². The molecule has 0 radical (unpaired) electrons. The third-order valence-electron chi connectivity index (χ3n) is 4.94. The van der Waals surface area contributed by atoms with Crippen LogP contribution in [-0.4, -0.2) is 0 Å². The van der Waals surface area contributed by atoms with E-state index >= 15 is 0 Å². The van der Waals surface area contributed by atoms with E-state index in [2.05, 4.69) is 19.1 Å². The van der Waals surface area contributed by atoms with Crippen molar-refractivity contribution in [2.75, 3.05) is 0 Å². The van der Waals surface area contributed by atoms with Gasteiger partial charge in [-0.15, -0.1) is 0 Å². The van der Waals surface area contributed by atoms with Gasteiger partial charge in [-0.3, -0.25) is 0 Å². The van der Waals surface area contributed by atoms with Crippen LogP contribution in [0.2, 0.25) is 0 Å². The lowest BCUT2D eigenvalue weighted by Crippen LogP contribution is -2.10. The van der Waals surface area contributed by atoms with Crippen LogP contribution in [0.4, 0.5) is 8.78 Å². The molecule has 0 atom stereocenters. The Kier molecular flexibility index (Phi) is 4.28. The van der Waals surface area contributed by atoms with Crippen molar-refractivity contribution in [3.8, 4) is 11.1 Å². The quantitative estimate of drug-likeness (QED) is 0.616. The van der Waals surface area contributed by atoms with Crippen molar-refractivity contribution in [2.45, 2.75) is 45.4 Å². The van der Waals surface area contributed by atoms with Gasteiger partial charge in [0.15, 0.2) is 11.6 Å².